The lowest BCUT2D eigenvalue weighted by Crippen LogP contribution is -2.24. The number of hydrogen-bond acceptors (Lipinski definition) is 6. The number of anilines is 1. The highest BCUT2D eigenvalue weighted by molar-refractivity contribution is 5.69. The Bertz CT molecular complexity index is 1530. The molecule has 0 N–H and O–H groups in total. The van der Waals surface area contributed by atoms with Crippen molar-refractivity contribution in [2.75, 3.05) is 18.6 Å². The molecule has 1 atom stereocenters. The summed E-state index contributed by atoms with van der Waals surface area (Å²) < 4.78 is 37.2. The van der Waals surface area contributed by atoms with E-state index in [1.807, 2.05) is 23.4 Å². The summed E-state index contributed by atoms with van der Waals surface area (Å²) >= 11 is 0. The monoisotopic (exact) mass is 473 g/mol. The fourth-order valence-corrected chi connectivity index (χ4v) is 4.67. The zero-order chi connectivity index (χ0) is 23.9. The number of pyridine rings is 1. The molecule has 6 rings (SSSR count). The van der Waals surface area contributed by atoms with Gasteiger partial charge in [0.25, 0.3) is 0 Å². The fourth-order valence-electron chi connectivity index (χ4n) is 4.67. The van der Waals surface area contributed by atoms with Gasteiger partial charge in [0.1, 0.15) is 28.9 Å². The molecule has 10 heteroatoms. The molecule has 0 saturated carbocycles. The molecule has 5 heterocycles. The zero-order valence-corrected chi connectivity index (χ0v) is 18.8. The Morgan fingerprint density at radius 2 is 1.97 bits per heavy atom. The number of benzene rings is 1. The Hall–Kier alpha value is -4.34. The third-order valence-electron chi connectivity index (χ3n) is 6.34. The number of hydrogen-bond donors (Lipinski definition) is 0. The highest BCUT2D eigenvalue weighted by Crippen LogP contribution is 2.37. The first-order chi connectivity index (χ1) is 17.1. The minimum Gasteiger partial charge on any atom is -0.496 e. The molecule has 35 heavy (non-hydrogen) atoms. The van der Waals surface area contributed by atoms with Gasteiger partial charge in [-0.3, -0.25) is 4.98 Å². The van der Waals surface area contributed by atoms with Crippen molar-refractivity contribution in [1.82, 2.24) is 29.4 Å². The fraction of sp³-hybridized carbons (Fsp3) is 0.200. The Morgan fingerprint density at radius 3 is 2.86 bits per heavy atom. The number of fused-ring (bicyclic) bond motifs is 1. The molecule has 0 amide bonds. The maximum absolute atomic E-state index is 14.5. The van der Waals surface area contributed by atoms with Crippen LogP contribution in [0.2, 0.25) is 0 Å². The number of nitrogens with zero attached hydrogens (tertiary/aromatic N) is 7. The molecular weight excluding hydrogens is 452 g/mol. The van der Waals surface area contributed by atoms with Crippen molar-refractivity contribution in [1.29, 1.82) is 0 Å². The third kappa shape index (κ3) is 3.67. The highest BCUT2D eigenvalue weighted by Gasteiger charge is 2.30. The number of rotatable bonds is 5. The summed E-state index contributed by atoms with van der Waals surface area (Å²) in [5, 5.41) is 8.92. The van der Waals surface area contributed by atoms with E-state index in [9.17, 15) is 8.78 Å². The Morgan fingerprint density at radius 1 is 1.06 bits per heavy atom. The van der Waals surface area contributed by atoms with Gasteiger partial charge in [0.05, 0.1) is 25.5 Å². The second-order valence-corrected chi connectivity index (χ2v) is 8.35. The number of halogens is 2. The van der Waals surface area contributed by atoms with Crippen molar-refractivity contribution >= 4 is 11.5 Å². The van der Waals surface area contributed by atoms with Gasteiger partial charge in [0.2, 0.25) is 0 Å². The van der Waals surface area contributed by atoms with Crippen LogP contribution in [0.15, 0.2) is 67.5 Å². The molecule has 1 aliphatic heterocycles. The van der Waals surface area contributed by atoms with Crippen LogP contribution in [0.25, 0.3) is 22.5 Å². The average Bonchev–Trinajstić information content (AvgIpc) is 3.64. The van der Waals surface area contributed by atoms with Crippen LogP contribution >= 0.6 is 0 Å². The van der Waals surface area contributed by atoms with Gasteiger partial charge in [-0.2, -0.15) is 10.2 Å². The van der Waals surface area contributed by atoms with E-state index < -0.39 is 11.6 Å². The van der Waals surface area contributed by atoms with Crippen molar-refractivity contribution in [2.45, 2.75) is 18.9 Å². The molecule has 0 aliphatic carbocycles. The number of aromatic nitrogens is 6. The van der Waals surface area contributed by atoms with Crippen molar-refractivity contribution in [3.05, 3.63) is 84.7 Å². The molecule has 5 aromatic rings. The van der Waals surface area contributed by atoms with Crippen LogP contribution in [0.3, 0.4) is 0 Å². The summed E-state index contributed by atoms with van der Waals surface area (Å²) in [6.07, 6.45) is 12.1. The van der Waals surface area contributed by atoms with E-state index in [0.29, 0.717) is 35.0 Å². The highest BCUT2D eigenvalue weighted by atomic mass is 19.1. The predicted octanol–water partition coefficient (Wildman–Crippen LogP) is 4.61. The van der Waals surface area contributed by atoms with Crippen LogP contribution in [-0.2, 0) is 0 Å². The van der Waals surface area contributed by atoms with Gasteiger partial charge in [-0.1, -0.05) is 0 Å². The van der Waals surface area contributed by atoms with Crippen molar-refractivity contribution in [2.24, 2.45) is 0 Å². The maximum atomic E-state index is 14.5. The molecule has 0 bridgehead atoms. The molecule has 0 unspecified atom stereocenters. The van der Waals surface area contributed by atoms with Crippen molar-refractivity contribution < 1.29 is 13.5 Å². The quantitative estimate of drug-likeness (QED) is 0.371. The predicted molar refractivity (Wildman–Crippen MR) is 126 cm³/mol. The smallest absolute Gasteiger partial charge is 0.183 e. The second kappa shape index (κ2) is 8.46. The van der Waals surface area contributed by atoms with Crippen LogP contribution < -0.4 is 9.64 Å². The minimum atomic E-state index is -0.450. The van der Waals surface area contributed by atoms with Crippen LogP contribution in [-0.4, -0.2) is 43.0 Å². The molecule has 1 saturated heterocycles. The minimum absolute atomic E-state index is 0.290. The SMILES string of the molecule is COc1ccncc1-c1cnn(-c2cnn3ccc(N4CCC[C@H]4c4cc(F)ccc4F)nc23)c1. The first-order valence-electron chi connectivity index (χ1n) is 11.2. The molecular formula is C25H21F2N7O. The summed E-state index contributed by atoms with van der Waals surface area (Å²) in [5.41, 5.74) is 3.30. The first-order valence-corrected chi connectivity index (χ1v) is 11.2. The van der Waals surface area contributed by atoms with E-state index in [0.717, 1.165) is 30.0 Å². The second-order valence-electron chi connectivity index (χ2n) is 8.35. The third-order valence-corrected chi connectivity index (χ3v) is 6.34. The zero-order valence-electron chi connectivity index (χ0n) is 18.8. The lowest BCUT2D eigenvalue weighted by molar-refractivity contribution is 0.416. The van der Waals surface area contributed by atoms with Crippen LogP contribution in [0, 0.1) is 11.6 Å². The number of ether oxygens (including phenoxy) is 1. The Kier molecular flexibility index (Phi) is 5.13. The average molecular weight is 473 g/mol. The van der Waals surface area contributed by atoms with Crippen LogP contribution in [0.4, 0.5) is 14.6 Å². The largest absolute Gasteiger partial charge is 0.496 e. The van der Waals surface area contributed by atoms with E-state index in [4.69, 9.17) is 9.72 Å². The lowest BCUT2D eigenvalue weighted by Gasteiger charge is -2.26. The van der Waals surface area contributed by atoms with Gasteiger partial charge in [-0.05, 0) is 43.2 Å². The van der Waals surface area contributed by atoms with Gasteiger partial charge in [-0.25, -0.2) is 23.0 Å². The summed E-state index contributed by atoms with van der Waals surface area (Å²) in [5.74, 6) is 0.509. The van der Waals surface area contributed by atoms with E-state index in [1.165, 1.54) is 12.1 Å². The molecule has 8 nitrogen and oxygen atoms in total. The molecule has 1 aromatic carbocycles. The van der Waals surface area contributed by atoms with Gasteiger partial charge in [-0.15, -0.1) is 0 Å². The standard InChI is InChI=1S/C25H21F2N7O/c1-35-23-6-8-28-13-19(23)16-12-29-34(15-16)22-14-30-33-10-7-24(31-25(22)33)32-9-2-3-21(32)18-11-17(26)4-5-20(18)27/h4-8,10-15,21H,2-3,9H2,1H3/t21-/m0/s1. The lowest BCUT2D eigenvalue weighted by atomic mass is 10.0. The van der Waals surface area contributed by atoms with Crippen LogP contribution in [0.1, 0.15) is 24.4 Å². The van der Waals surface area contributed by atoms with Gasteiger partial charge < -0.3 is 9.64 Å². The Labute approximate surface area is 199 Å². The molecule has 1 aliphatic rings. The van der Waals surface area contributed by atoms with Gasteiger partial charge >= 0.3 is 0 Å². The summed E-state index contributed by atoms with van der Waals surface area (Å²) in [7, 11) is 1.61. The molecule has 176 valence electrons. The normalized spacial score (nSPS) is 15.7. The molecule has 4 aromatic heterocycles. The van der Waals surface area contributed by atoms with Crippen molar-refractivity contribution in [3.8, 4) is 22.6 Å². The summed E-state index contributed by atoms with van der Waals surface area (Å²) in [6.45, 7) is 0.694. The topological polar surface area (TPSA) is 73.4 Å². The van der Waals surface area contributed by atoms with E-state index in [2.05, 4.69) is 15.2 Å². The van der Waals surface area contributed by atoms with Crippen LogP contribution in [0.5, 0.6) is 5.75 Å². The molecule has 0 spiro atoms. The number of methoxy groups -OCH3 is 1. The van der Waals surface area contributed by atoms with E-state index in [1.54, 1.807) is 47.2 Å². The van der Waals surface area contributed by atoms with E-state index >= 15 is 0 Å². The first kappa shape index (κ1) is 21.2. The van der Waals surface area contributed by atoms with E-state index in [-0.39, 0.29) is 6.04 Å². The molecule has 0 radical (unpaired) electrons. The Balaban J connectivity index is 1.38. The van der Waals surface area contributed by atoms with Crippen molar-refractivity contribution in [3.63, 3.8) is 0 Å². The van der Waals surface area contributed by atoms with Gasteiger partial charge in [0, 0.05) is 48.0 Å². The molecule has 1 fully saturated rings. The van der Waals surface area contributed by atoms with Gasteiger partial charge in [0.15, 0.2) is 5.65 Å². The summed E-state index contributed by atoms with van der Waals surface area (Å²) in [4.78, 5) is 11.1. The maximum Gasteiger partial charge on any atom is 0.183 e. The summed E-state index contributed by atoms with van der Waals surface area (Å²) in [6, 6.07) is 6.94.